The number of aryl methyl sites for hydroxylation is 1. The topological polar surface area (TPSA) is 72.2 Å². The van der Waals surface area contributed by atoms with Gasteiger partial charge in [-0.2, -0.15) is 0 Å². The molecular weight excluding hydrogens is 384 g/mol. The normalized spacial score (nSPS) is 17.9. The average Bonchev–Trinajstić information content (AvgIpc) is 2.98. The fourth-order valence-corrected chi connectivity index (χ4v) is 6.08. The third kappa shape index (κ3) is 4.18. The summed E-state index contributed by atoms with van der Waals surface area (Å²) < 4.78 is 28.7. The minimum atomic E-state index is -3.45. The predicted molar refractivity (Wildman–Crippen MR) is 89.1 cm³/mol. The van der Waals surface area contributed by atoms with Crippen LogP contribution >= 0.6 is 39.7 Å². The predicted octanol–water partition coefficient (Wildman–Crippen LogP) is 3.04. The van der Waals surface area contributed by atoms with Gasteiger partial charge in [0, 0.05) is 12.6 Å². The molecule has 0 amide bonds. The fraction of sp³-hybridized carbons (Fsp3) is 0.667. The van der Waals surface area contributed by atoms with E-state index in [1.807, 2.05) is 6.92 Å². The smallest absolute Gasteiger partial charge is 0.250 e. The van der Waals surface area contributed by atoms with E-state index in [2.05, 4.69) is 20.7 Å². The zero-order chi connectivity index (χ0) is 14.0. The summed E-state index contributed by atoms with van der Waals surface area (Å²) in [5.74, 6) is 0.379. The molecule has 1 aliphatic carbocycles. The molecule has 1 saturated carbocycles. The van der Waals surface area contributed by atoms with Crippen molar-refractivity contribution < 1.29 is 8.42 Å². The summed E-state index contributed by atoms with van der Waals surface area (Å²) in [6.07, 6.45) is 4.48. The molecule has 20 heavy (non-hydrogen) atoms. The zero-order valence-electron chi connectivity index (χ0n) is 11.3. The fourth-order valence-electron chi connectivity index (χ4n) is 2.52. The maximum atomic E-state index is 12.3. The summed E-state index contributed by atoms with van der Waals surface area (Å²) in [4.78, 5) is 0. The maximum Gasteiger partial charge on any atom is 0.250 e. The van der Waals surface area contributed by atoms with Crippen molar-refractivity contribution in [2.75, 3.05) is 6.54 Å². The van der Waals surface area contributed by atoms with Crippen molar-refractivity contribution in [1.29, 1.82) is 0 Å². The van der Waals surface area contributed by atoms with Crippen LogP contribution in [0.1, 0.15) is 31.2 Å². The largest absolute Gasteiger partial charge is 0.329 e. The second-order valence-electron chi connectivity index (χ2n) is 5.03. The first kappa shape index (κ1) is 18.4. The summed E-state index contributed by atoms with van der Waals surface area (Å²) in [6, 6.07) is 1.55. The molecule has 0 bridgehead atoms. The summed E-state index contributed by atoms with van der Waals surface area (Å²) in [7, 11) is -3.45. The quantitative estimate of drug-likeness (QED) is 0.793. The summed E-state index contributed by atoms with van der Waals surface area (Å²) in [6.45, 7) is 2.24. The van der Waals surface area contributed by atoms with E-state index in [9.17, 15) is 8.42 Å². The molecule has 0 saturated heterocycles. The third-order valence-electron chi connectivity index (χ3n) is 3.63. The molecule has 3 N–H and O–H groups in total. The highest BCUT2D eigenvalue weighted by Crippen LogP contribution is 2.32. The van der Waals surface area contributed by atoms with Gasteiger partial charge in [-0.25, -0.2) is 13.1 Å². The molecule has 1 fully saturated rings. The Morgan fingerprint density at radius 3 is 2.55 bits per heavy atom. The maximum absolute atomic E-state index is 12.3. The van der Waals surface area contributed by atoms with E-state index in [1.54, 1.807) is 6.07 Å². The van der Waals surface area contributed by atoms with E-state index in [-0.39, 0.29) is 18.4 Å². The lowest BCUT2D eigenvalue weighted by atomic mass is 9.99. The Bertz CT molecular complexity index is 522. The van der Waals surface area contributed by atoms with Crippen LogP contribution in [0.2, 0.25) is 0 Å². The van der Waals surface area contributed by atoms with Crippen molar-refractivity contribution in [3.8, 4) is 0 Å². The Morgan fingerprint density at radius 2 is 2.10 bits per heavy atom. The van der Waals surface area contributed by atoms with Gasteiger partial charge in [-0.1, -0.05) is 12.8 Å². The molecule has 0 aromatic carbocycles. The Labute approximate surface area is 139 Å². The number of nitrogens with one attached hydrogen (secondary N) is 1. The standard InChI is InChI=1S/C12H19BrN2O2S2.ClH/c1-8-6-11(18-12(8)13)19(16,17)15-10(7-14)9-4-2-3-5-9;/h6,9-10,15H,2-5,7,14H2,1H3;1H. The molecule has 1 aliphatic rings. The number of halogens is 2. The van der Waals surface area contributed by atoms with Gasteiger partial charge in [-0.3, -0.25) is 0 Å². The van der Waals surface area contributed by atoms with Crippen molar-refractivity contribution in [2.45, 2.75) is 42.9 Å². The Kier molecular flexibility index (Phi) is 6.95. The Morgan fingerprint density at radius 1 is 1.50 bits per heavy atom. The first-order valence-corrected chi connectivity index (χ1v) is 9.51. The summed E-state index contributed by atoms with van der Waals surface area (Å²) >= 11 is 4.60. The summed E-state index contributed by atoms with van der Waals surface area (Å²) in [5, 5.41) is 0. The van der Waals surface area contributed by atoms with Gasteiger partial charge in [0.05, 0.1) is 3.79 Å². The first-order chi connectivity index (χ1) is 8.94. The van der Waals surface area contributed by atoms with E-state index < -0.39 is 10.0 Å². The highest BCUT2D eigenvalue weighted by molar-refractivity contribution is 9.11. The van der Waals surface area contributed by atoms with Crippen LogP contribution in [0.5, 0.6) is 0 Å². The van der Waals surface area contributed by atoms with Gasteiger partial charge in [0.1, 0.15) is 4.21 Å². The van der Waals surface area contributed by atoms with Gasteiger partial charge in [0.15, 0.2) is 0 Å². The molecule has 1 unspecified atom stereocenters. The lowest BCUT2D eigenvalue weighted by molar-refractivity contribution is 0.406. The van der Waals surface area contributed by atoms with Crippen LogP contribution in [0.3, 0.4) is 0 Å². The lowest BCUT2D eigenvalue weighted by Crippen LogP contribution is -2.44. The lowest BCUT2D eigenvalue weighted by Gasteiger charge is -2.22. The molecule has 8 heteroatoms. The van der Waals surface area contributed by atoms with Crippen molar-refractivity contribution >= 4 is 49.7 Å². The summed E-state index contributed by atoms with van der Waals surface area (Å²) in [5.41, 5.74) is 6.68. The van der Waals surface area contributed by atoms with E-state index in [0.717, 1.165) is 22.2 Å². The molecule has 0 radical (unpaired) electrons. The number of hydrogen-bond acceptors (Lipinski definition) is 4. The van der Waals surface area contributed by atoms with E-state index >= 15 is 0 Å². The van der Waals surface area contributed by atoms with Crippen LogP contribution in [0.25, 0.3) is 0 Å². The van der Waals surface area contributed by atoms with Gasteiger partial charge in [0.2, 0.25) is 10.0 Å². The van der Waals surface area contributed by atoms with Gasteiger partial charge in [-0.15, -0.1) is 23.7 Å². The highest BCUT2D eigenvalue weighted by atomic mass is 79.9. The first-order valence-electron chi connectivity index (χ1n) is 6.42. The molecule has 2 rings (SSSR count). The molecule has 0 spiro atoms. The van der Waals surface area contributed by atoms with Crippen LogP contribution in [-0.4, -0.2) is 21.0 Å². The van der Waals surface area contributed by atoms with Crippen molar-refractivity contribution in [3.63, 3.8) is 0 Å². The zero-order valence-corrected chi connectivity index (χ0v) is 15.3. The number of rotatable bonds is 5. The second kappa shape index (κ2) is 7.56. The third-order valence-corrected chi connectivity index (χ3v) is 7.73. The van der Waals surface area contributed by atoms with E-state index in [0.29, 0.717) is 16.7 Å². The monoisotopic (exact) mass is 402 g/mol. The SMILES string of the molecule is Cc1cc(S(=O)(=O)NC(CN)C2CCCC2)sc1Br.Cl. The van der Waals surface area contributed by atoms with Gasteiger partial charge < -0.3 is 5.73 Å². The minimum absolute atomic E-state index is 0. The molecule has 4 nitrogen and oxygen atoms in total. The molecule has 1 atom stereocenters. The number of sulfonamides is 1. The van der Waals surface area contributed by atoms with Crippen molar-refractivity contribution in [2.24, 2.45) is 11.7 Å². The molecule has 1 aromatic rings. The average molecular weight is 404 g/mol. The Hall–Kier alpha value is 0.340. The number of hydrogen-bond donors (Lipinski definition) is 2. The van der Waals surface area contributed by atoms with E-state index in [1.165, 1.54) is 24.2 Å². The molecule has 1 heterocycles. The van der Waals surface area contributed by atoms with E-state index in [4.69, 9.17) is 5.73 Å². The van der Waals surface area contributed by atoms with Crippen LogP contribution in [0.15, 0.2) is 14.1 Å². The highest BCUT2D eigenvalue weighted by Gasteiger charge is 2.29. The van der Waals surface area contributed by atoms with Crippen LogP contribution in [0.4, 0.5) is 0 Å². The van der Waals surface area contributed by atoms with Crippen LogP contribution < -0.4 is 10.5 Å². The number of thiophene rings is 1. The van der Waals surface area contributed by atoms with Gasteiger partial charge in [-0.05, 0) is 53.2 Å². The van der Waals surface area contributed by atoms with Crippen molar-refractivity contribution in [1.82, 2.24) is 4.72 Å². The van der Waals surface area contributed by atoms with Crippen molar-refractivity contribution in [3.05, 3.63) is 15.4 Å². The Balaban J connectivity index is 0.00000200. The minimum Gasteiger partial charge on any atom is -0.329 e. The molecular formula is C12H20BrClN2O2S2. The molecule has 0 aliphatic heterocycles. The van der Waals surface area contributed by atoms with Gasteiger partial charge in [0.25, 0.3) is 0 Å². The molecule has 116 valence electrons. The number of nitrogens with two attached hydrogens (primary N) is 1. The van der Waals surface area contributed by atoms with Gasteiger partial charge >= 0.3 is 0 Å². The van der Waals surface area contributed by atoms with Crippen LogP contribution in [0, 0.1) is 12.8 Å². The van der Waals surface area contributed by atoms with Crippen LogP contribution in [-0.2, 0) is 10.0 Å². The molecule has 1 aromatic heterocycles. The second-order valence-corrected chi connectivity index (χ2v) is 9.34.